The zero-order valence-corrected chi connectivity index (χ0v) is 24.1. The zero-order valence-electron chi connectivity index (χ0n) is 23.2. The topological polar surface area (TPSA) is 96.2 Å². The number of benzene rings is 2. The standard InChI is InChI=1S/C31H49O6P/c1-2-3-4-5-6-7-8-9-10-11-12-19-24-36-27-30(32)31(37-38(33,34)35,25-28-20-15-13-16-21-28)26-29-22-17-14-18-23-29/h13-18,20-23,30,32H,2-12,19,24-27H2,1H3,(H2,33,34,35). The number of rotatable bonds is 22. The normalized spacial score (nSPS) is 13.1. The summed E-state index contributed by atoms with van der Waals surface area (Å²) in [6.45, 7) is 2.69. The van der Waals surface area contributed by atoms with Gasteiger partial charge in [-0.05, 0) is 17.5 Å². The molecule has 0 aliphatic rings. The van der Waals surface area contributed by atoms with E-state index >= 15 is 0 Å². The first-order chi connectivity index (χ1) is 18.3. The second-order valence-corrected chi connectivity index (χ2v) is 11.6. The molecule has 214 valence electrons. The Labute approximate surface area is 230 Å². The van der Waals surface area contributed by atoms with E-state index < -0.39 is 19.5 Å². The third-order valence-corrected chi connectivity index (χ3v) is 7.62. The minimum absolute atomic E-state index is 0.0578. The Morgan fingerprint density at radius 3 is 1.55 bits per heavy atom. The van der Waals surface area contributed by atoms with Crippen molar-refractivity contribution in [3.63, 3.8) is 0 Å². The molecular formula is C31H49O6P. The van der Waals surface area contributed by atoms with Gasteiger partial charge in [0.05, 0.1) is 6.61 Å². The molecule has 0 radical (unpaired) electrons. The molecule has 0 saturated heterocycles. The molecule has 0 amide bonds. The summed E-state index contributed by atoms with van der Waals surface area (Å²) in [5, 5.41) is 11.2. The van der Waals surface area contributed by atoms with Crippen LogP contribution in [-0.2, 0) is 26.7 Å². The van der Waals surface area contributed by atoms with E-state index in [1.54, 1.807) is 0 Å². The molecular weight excluding hydrogens is 499 g/mol. The van der Waals surface area contributed by atoms with E-state index in [4.69, 9.17) is 9.26 Å². The van der Waals surface area contributed by atoms with Gasteiger partial charge in [0, 0.05) is 19.4 Å². The lowest BCUT2D eigenvalue weighted by Crippen LogP contribution is -2.50. The first kappa shape index (κ1) is 32.7. The Balaban J connectivity index is 1.83. The molecule has 2 rings (SSSR count). The Bertz CT molecular complexity index is 844. The predicted molar refractivity (Wildman–Crippen MR) is 154 cm³/mol. The average molecular weight is 549 g/mol. The van der Waals surface area contributed by atoms with E-state index in [-0.39, 0.29) is 19.4 Å². The van der Waals surface area contributed by atoms with Crippen molar-refractivity contribution in [3.05, 3.63) is 71.8 Å². The number of aliphatic hydroxyl groups excluding tert-OH is 1. The first-order valence-corrected chi connectivity index (χ1v) is 16.0. The molecule has 0 fully saturated rings. The van der Waals surface area contributed by atoms with Crippen molar-refractivity contribution < 1.29 is 28.7 Å². The summed E-state index contributed by atoms with van der Waals surface area (Å²) in [4.78, 5) is 19.6. The number of ether oxygens (including phenoxy) is 1. The van der Waals surface area contributed by atoms with Crippen LogP contribution in [-0.4, -0.2) is 39.8 Å². The Hall–Kier alpha value is -1.53. The van der Waals surface area contributed by atoms with Crippen LogP contribution in [0.4, 0.5) is 0 Å². The zero-order chi connectivity index (χ0) is 27.5. The highest BCUT2D eigenvalue weighted by Gasteiger charge is 2.44. The smallest absolute Gasteiger partial charge is 0.388 e. The number of phosphoric acid groups is 1. The molecule has 0 aromatic heterocycles. The maximum absolute atomic E-state index is 12.1. The van der Waals surface area contributed by atoms with Crippen molar-refractivity contribution >= 4 is 7.82 Å². The van der Waals surface area contributed by atoms with Crippen LogP contribution in [0.2, 0.25) is 0 Å². The summed E-state index contributed by atoms with van der Waals surface area (Å²) in [5.41, 5.74) is 0.0898. The van der Waals surface area contributed by atoms with Crippen molar-refractivity contribution in [1.29, 1.82) is 0 Å². The minimum Gasteiger partial charge on any atom is -0.388 e. The molecule has 7 heteroatoms. The van der Waals surface area contributed by atoms with E-state index in [1.165, 1.54) is 64.2 Å². The Kier molecular flexibility index (Phi) is 16.1. The van der Waals surface area contributed by atoms with Crippen molar-refractivity contribution in [3.8, 4) is 0 Å². The van der Waals surface area contributed by atoms with E-state index in [0.717, 1.165) is 24.0 Å². The van der Waals surface area contributed by atoms with Crippen LogP contribution in [0.15, 0.2) is 60.7 Å². The quantitative estimate of drug-likeness (QED) is 0.105. The van der Waals surface area contributed by atoms with Gasteiger partial charge in [0.1, 0.15) is 11.7 Å². The van der Waals surface area contributed by atoms with Crippen LogP contribution in [0, 0.1) is 0 Å². The molecule has 1 atom stereocenters. The van der Waals surface area contributed by atoms with Gasteiger partial charge < -0.3 is 19.6 Å². The third-order valence-electron chi connectivity index (χ3n) is 7.02. The maximum Gasteiger partial charge on any atom is 0.470 e. The molecule has 0 saturated carbocycles. The lowest BCUT2D eigenvalue weighted by molar-refractivity contribution is -0.101. The van der Waals surface area contributed by atoms with Gasteiger partial charge in [-0.2, -0.15) is 0 Å². The van der Waals surface area contributed by atoms with Crippen LogP contribution in [0.1, 0.15) is 95.1 Å². The SMILES string of the molecule is CCCCCCCCCCCCCCOCC(O)C(Cc1ccccc1)(Cc1ccccc1)OP(=O)(O)O. The molecule has 2 aromatic carbocycles. The molecule has 6 nitrogen and oxygen atoms in total. The van der Waals surface area contributed by atoms with Gasteiger partial charge in [0.25, 0.3) is 0 Å². The van der Waals surface area contributed by atoms with Crippen molar-refractivity contribution in [2.45, 2.75) is 109 Å². The summed E-state index contributed by atoms with van der Waals surface area (Å²) in [6, 6.07) is 18.6. The number of unbranched alkanes of at least 4 members (excludes halogenated alkanes) is 11. The van der Waals surface area contributed by atoms with Crippen molar-refractivity contribution in [2.75, 3.05) is 13.2 Å². The molecule has 2 aromatic rings. The van der Waals surface area contributed by atoms with E-state index in [9.17, 15) is 19.5 Å². The molecule has 0 aliphatic heterocycles. The van der Waals surface area contributed by atoms with Gasteiger partial charge in [0.15, 0.2) is 0 Å². The Morgan fingerprint density at radius 1 is 0.711 bits per heavy atom. The van der Waals surface area contributed by atoms with Crippen LogP contribution >= 0.6 is 7.82 Å². The fourth-order valence-electron chi connectivity index (χ4n) is 4.94. The molecule has 0 aliphatic carbocycles. The summed E-state index contributed by atoms with van der Waals surface area (Å²) in [7, 11) is -4.90. The van der Waals surface area contributed by atoms with Crippen LogP contribution < -0.4 is 0 Å². The molecule has 0 heterocycles. The van der Waals surface area contributed by atoms with Gasteiger partial charge in [-0.25, -0.2) is 4.57 Å². The fraction of sp³-hybridized carbons (Fsp3) is 0.613. The summed E-state index contributed by atoms with van der Waals surface area (Å²) in [6.07, 6.45) is 14.1. The lowest BCUT2D eigenvalue weighted by atomic mass is 9.83. The van der Waals surface area contributed by atoms with E-state index in [1.807, 2.05) is 60.7 Å². The van der Waals surface area contributed by atoms with Gasteiger partial charge in [-0.15, -0.1) is 0 Å². The van der Waals surface area contributed by atoms with E-state index in [2.05, 4.69) is 6.92 Å². The highest BCUT2D eigenvalue weighted by molar-refractivity contribution is 7.46. The molecule has 38 heavy (non-hydrogen) atoms. The highest BCUT2D eigenvalue weighted by atomic mass is 31.2. The van der Waals surface area contributed by atoms with E-state index in [0.29, 0.717) is 6.61 Å². The summed E-state index contributed by atoms with van der Waals surface area (Å²) < 4.78 is 23.3. The lowest BCUT2D eigenvalue weighted by Gasteiger charge is -2.38. The number of hydrogen-bond donors (Lipinski definition) is 3. The second kappa shape index (κ2) is 18.7. The predicted octanol–water partition coefficient (Wildman–Crippen LogP) is 7.40. The molecule has 0 spiro atoms. The third kappa shape index (κ3) is 14.0. The van der Waals surface area contributed by atoms with Crippen LogP contribution in [0.5, 0.6) is 0 Å². The minimum atomic E-state index is -4.90. The maximum atomic E-state index is 12.1. The highest BCUT2D eigenvalue weighted by Crippen LogP contribution is 2.45. The van der Waals surface area contributed by atoms with Gasteiger partial charge in [0.2, 0.25) is 0 Å². The van der Waals surface area contributed by atoms with Crippen molar-refractivity contribution in [2.24, 2.45) is 0 Å². The summed E-state index contributed by atoms with van der Waals surface area (Å²) in [5.74, 6) is 0. The average Bonchev–Trinajstić information content (AvgIpc) is 2.89. The molecule has 3 N–H and O–H groups in total. The summed E-state index contributed by atoms with van der Waals surface area (Å²) >= 11 is 0. The fourth-order valence-corrected chi connectivity index (χ4v) is 5.66. The monoisotopic (exact) mass is 548 g/mol. The Morgan fingerprint density at radius 2 is 1.13 bits per heavy atom. The molecule has 1 unspecified atom stereocenters. The van der Waals surface area contributed by atoms with Crippen molar-refractivity contribution in [1.82, 2.24) is 0 Å². The first-order valence-electron chi connectivity index (χ1n) is 14.4. The van der Waals surface area contributed by atoms with Gasteiger partial charge in [-0.1, -0.05) is 138 Å². The largest absolute Gasteiger partial charge is 0.470 e. The number of aliphatic hydroxyl groups is 1. The number of hydrogen-bond acceptors (Lipinski definition) is 4. The van der Waals surface area contributed by atoms with Crippen LogP contribution in [0.25, 0.3) is 0 Å². The van der Waals surface area contributed by atoms with Crippen LogP contribution in [0.3, 0.4) is 0 Å². The second-order valence-electron chi connectivity index (χ2n) is 10.5. The van der Waals surface area contributed by atoms with Gasteiger partial charge >= 0.3 is 7.82 Å². The number of phosphoric ester groups is 1. The van der Waals surface area contributed by atoms with Gasteiger partial charge in [-0.3, -0.25) is 4.52 Å². The molecule has 0 bridgehead atoms.